The van der Waals surface area contributed by atoms with E-state index in [1.165, 1.54) is 4.90 Å². The van der Waals surface area contributed by atoms with Crippen LogP contribution < -0.4 is 5.32 Å². The molecule has 0 spiro atoms. The van der Waals surface area contributed by atoms with Crippen molar-refractivity contribution in [3.8, 4) is 0 Å². The highest BCUT2D eigenvalue weighted by Gasteiger charge is 2.36. The Balaban J connectivity index is 1.35. The Bertz CT molecular complexity index is 836. The summed E-state index contributed by atoms with van der Waals surface area (Å²) >= 11 is 1.71. The number of benzene rings is 2. The third-order valence-corrected chi connectivity index (χ3v) is 6.55. The van der Waals surface area contributed by atoms with Crippen molar-refractivity contribution in [1.29, 1.82) is 0 Å². The van der Waals surface area contributed by atoms with Gasteiger partial charge in [-0.15, -0.1) is 0 Å². The minimum atomic E-state index is -0.0922. The van der Waals surface area contributed by atoms with Gasteiger partial charge in [0.05, 0.1) is 5.92 Å². The average Bonchev–Trinajstić information content (AvgIpc) is 3.59. The van der Waals surface area contributed by atoms with Crippen molar-refractivity contribution in [3.05, 3.63) is 60.2 Å². The summed E-state index contributed by atoms with van der Waals surface area (Å²) in [6, 6.07) is 18.4. The van der Waals surface area contributed by atoms with Crippen molar-refractivity contribution < 1.29 is 9.59 Å². The second kappa shape index (κ2) is 8.82. The van der Waals surface area contributed by atoms with Crippen LogP contribution in [-0.2, 0) is 16.1 Å². The Morgan fingerprint density at radius 2 is 1.71 bits per heavy atom. The minimum Gasteiger partial charge on any atom is -0.352 e. The summed E-state index contributed by atoms with van der Waals surface area (Å²) in [5.41, 5.74) is 1.12. The first-order valence-electron chi connectivity index (χ1n) is 10.1. The van der Waals surface area contributed by atoms with Crippen LogP contribution in [0.15, 0.2) is 64.4 Å². The van der Waals surface area contributed by atoms with E-state index in [0.717, 1.165) is 42.7 Å². The summed E-state index contributed by atoms with van der Waals surface area (Å²) in [6.45, 7) is 1.89. The lowest BCUT2D eigenvalue weighted by molar-refractivity contribution is -0.136. The maximum Gasteiger partial charge on any atom is 0.225 e. The van der Waals surface area contributed by atoms with E-state index in [-0.39, 0.29) is 23.7 Å². The molecular weight excluding hydrogens is 368 g/mol. The maximum atomic E-state index is 12.7. The van der Waals surface area contributed by atoms with Gasteiger partial charge in [0.25, 0.3) is 0 Å². The van der Waals surface area contributed by atoms with E-state index in [4.69, 9.17) is 0 Å². The smallest absolute Gasteiger partial charge is 0.225 e. The van der Waals surface area contributed by atoms with E-state index in [1.54, 1.807) is 11.8 Å². The fraction of sp³-hybridized carbons (Fsp3) is 0.391. The molecule has 28 heavy (non-hydrogen) atoms. The van der Waals surface area contributed by atoms with E-state index in [1.807, 2.05) is 35.2 Å². The van der Waals surface area contributed by atoms with E-state index in [9.17, 15) is 9.59 Å². The van der Waals surface area contributed by atoms with Gasteiger partial charge in [-0.1, -0.05) is 48.2 Å². The van der Waals surface area contributed by atoms with Crippen LogP contribution in [0.1, 0.15) is 31.2 Å². The second-order valence-electron chi connectivity index (χ2n) is 7.64. The van der Waals surface area contributed by atoms with Crippen LogP contribution in [0, 0.1) is 11.8 Å². The van der Waals surface area contributed by atoms with Crippen LogP contribution in [0.25, 0.3) is 0 Å². The summed E-state index contributed by atoms with van der Waals surface area (Å²) in [5, 5.41) is 3.11. The molecular formula is C23H26N2O2S. The molecule has 0 bridgehead atoms. The van der Waals surface area contributed by atoms with Crippen molar-refractivity contribution in [2.75, 3.05) is 13.1 Å². The summed E-state index contributed by atoms with van der Waals surface area (Å²) in [4.78, 5) is 29.3. The zero-order chi connectivity index (χ0) is 19.3. The monoisotopic (exact) mass is 394 g/mol. The number of nitrogens with one attached hydrogen (secondary N) is 1. The number of piperidine rings is 1. The number of hydrogen-bond donors (Lipinski definition) is 1. The Hall–Kier alpha value is -2.27. The molecule has 2 fully saturated rings. The van der Waals surface area contributed by atoms with Crippen LogP contribution in [0.2, 0.25) is 0 Å². The Morgan fingerprint density at radius 3 is 2.50 bits per heavy atom. The van der Waals surface area contributed by atoms with Crippen molar-refractivity contribution >= 4 is 23.6 Å². The lowest BCUT2D eigenvalue weighted by Crippen LogP contribution is -2.45. The number of nitrogens with zero attached hydrogens (tertiary/aromatic N) is 1. The highest BCUT2D eigenvalue weighted by atomic mass is 32.2. The molecule has 0 radical (unpaired) electrons. The number of amides is 2. The quantitative estimate of drug-likeness (QED) is 0.802. The highest BCUT2D eigenvalue weighted by molar-refractivity contribution is 7.99. The van der Waals surface area contributed by atoms with Gasteiger partial charge < -0.3 is 10.2 Å². The third kappa shape index (κ3) is 4.76. The van der Waals surface area contributed by atoms with Crippen LogP contribution in [-0.4, -0.2) is 29.8 Å². The van der Waals surface area contributed by atoms with Gasteiger partial charge in [-0.25, -0.2) is 0 Å². The average molecular weight is 395 g/mol. The molecule has 1 unspecified atom stereocenters. The van der Waals surface area contributed by atoms with E-state index in [0.29, 0.717) is 13.1 Å². The number of likely N-dealkylation sites (tertiary alicyclic amines) is 1. The van der Waals surface area contributed by atoms with Gasteiger partial charge in [0.15, 0.2) is 0 Å². The Kier molecular flexibility index (Phi) is 6.01. The highest BCUT2D eigenvalue weighted by Crippen LogP contribution is 2.33. The molecule has 1 N–H and O–H groups in total. The topological polar surface area (TPSA) is 49.4 Å². The molecule has 1 atom stereocenters. The molecule has 2 amide bonds. The predicted molar refractivity (Wildman–Crippen MR) is 111 cm³/mol. The van der Waals surface area contributed by atoms with Gasteiger partial charge in [-0.2, -0.15) is 0 Å². The molecule has 4 nitrogen and oxygen atoms in total. The predicted octanol–water partition coefficient (Wildman–Crippen LogP) is 4.10. The summed E-state index contributed by atoms with van der Waals surface area (Å²) in [6.07, 6.45) is 3.81. The molecule has 0 aromatic heterocycles. The van der Waals surface area contributed by atoms with Gasteiger partial charge in [0, 0.05) is 35.3 Å². The molecule has 146 valence electrons. The SMILES string of the molecule is O=C(NCc1ccccc1Sc1ccccc1)C1CCCN(C(=O)C2CC2)C1. The van der Waals surface area contributed by atoms with Crippen molar-refractivity contribution in [2.45, 2.75) is 42.0 Å². The largest absolute Gasteiger partial charge is 0.352 e. The summed E-state index contributed by atoms with van der Waals surface area (Å²) in [7, 11) is 0. The lowest BCUT2D eigenvalue weighted by atomic mass is 9.96. The maximum absolute atomic E-state index is 12.7. The van der Waals surface area contributed by atoms with Gasteiger partial charge in [0.1, 0.15) is 0 Å². The van der Waals surface area contributed by atoms with Gasteiger partial charge in [0.2, 0.25) is 11.8 Å². The van der Waals surface area contributed by atoms with E-state index >= 15 is 0 Å². The van der Waals surface area contributed by atoms with Gasteiger partial charge in [-0.3, -0.25) is 9.59 Å². The van der Waals surface area contributed by atoms with Crippen molar-refractivity contribution in [1.82, 2.24) is 10.2 Å². The normalized spacial score (nSPS) is 19.3. The van der Waals surface area contributed by atoms with E-state index in [2.05, 4.69) is 29.6 Å². The zero-order valence-corrected chi connectivity index (χ0v) is 16.8. The lowest BCUT2D eigenvalue weighted by Gasteiger charge is -2.32. The van der Waals surface area contributed by atoms with Gasteiger partial charge in [-0.05, 0) is 49.4 Å². The Morgan fingerprint density at radius 1 is 0.964 bits per heavy atom. The fourth-order valence-corrected chi connectivity index (χ4v) is 4.64. The molecule has 2 aromatic carbocycles. The number of hydrogen-bond acceptors (Lipinski definition) is 3. The first-order valence-corrected chi connectivity index (χ1v) is 10.9. The van der Waals surface area contributed by atoms with Crippen LogP contribution >= 0.6 is 11.8 Å². The fourth-order valence-electron chi connectivity index (χ4n) is 3.67. The molecule has 4 rings (SSSR count). The van der Waals surface area contributed by atoms with Crippen molar-refractivity contribution in [3.63, 3.8) is 0 Å². The van der Waals surface area contributed by atoms with Crippen molar-refractivity contribution in [2.24, 2.45) is 11.8 Å². The minimum absolute atomic E-state index is 0.0628. The molecule has 5 heteroatoms. The van der Waals surface area contributed by atoms with Gasteiger partial charge >= 0.3 is 0 Å². The van der Waals surface area contributed by atoms with Crippen LogP contribution in [0.3, 0.4) is 0 Å². The third-order valence-electron chi connectivity index (χ3n) is 5.43. The standard InChI is InChI=1S/C23H26N2O2S/c26-22(19-8-6-14-25(16-19)23(27)17-12-13-17)24-15-18-7-4-5-11-21(18)28-20-9-2-1-3-10-20/h1-5,7,9-11,17,19H,6,8,12-16H2,(H,24,26). The Labute approximate surface area is 170 Å². The molecule has 2 aromatic rings. The first kappa shape index (κ1) is 19.1. The molecule has 1 saturated heterocycles. The number of rotatable bonds is 6. The molecule has 1 saturated carbocycles. The number of carbonyl (C=O) groups is 2. The van der Waals surface area contributed by atoms with Crippen LogP contribution in [0.4, 0.5) is 0 Å². The van der Waals surface area contributed by atoms with Crippen LogP contribution in [0.5, 0.6) is 0 Å². The molecule has 1 aliphatic carbocycles. The molecule has 1 aliphatic heterocycles. The second-order valence-corrected chi connectivity index (χ2v) is 8.75. The van der Waals surface area contributed by atoms with E-state index < -0.39 is 0 Å². The first-order chi connectivity index (χ1) is 13.7. The zero-order valence-electron chi connectivity index (χ0n) is 16.0. The molecule has 1 heterocycles. The number of carbonyl (C=O) groups excluding carboxylic acids is 2. The molecule has 2 aliphatic rings. The summed E-state index contributed by atoms with van der Waals surface area (Å²) in [5.74, 6) is 0.448. The summed E-state index contributed by atoms with van der Waals surface area (Å²) < 4.78 is 0.